The van der Waals surface area contributed by atoms with Gasteiger partial charge < -0.3 is 29.0 Å². The van der Waals surface area contributed by atoms with Crippen LogP contribution in [-0.4, -0.2) is 51.4 Å². The molecule has 0 saturated carbocycles. The molecule has 216 valence electrons. The summed E-state index contributed by atoms with van der Waals surface area (Å²) in [5.74, 6) is -0.0330. The van der Waals surface area contributed by atoms with Crippen LogP contribution >= 0.6 is 0 Å². The molecule has 1 amide bonds. The second-order valence-corrected chi connectivity index (χ2v) is 12.3. The highest BCUT2D eigenvalue weighted by Crippen LogP contribution is 2.54. The van der Waals surface area contributed by atoms with Gasteiger partial charge in [-0.05, 0) is 37.2 Å². The minimum absolute atomic E-state index is 0.0330. The van der Waals surface area contributed by atoms with E-state index in [0.717, 1.165) is 60.3 Å². The van der Waals surface area contributed by atoms with E-state index >= 15 is 0 Å². The number of carbonyl (C=O) groups is 1. The molecule has 5 atom stereocenters. The molecule has 9 rings (SSSR count). The van der Waals surface area contributed by atoms with Gasteiger partial charge in [-0.25, -0.2) is 0 Å². The fraction of sp³-hybridized carbons (Fsp3) is 0.286. The van der Waals surface area contributed by atoms with Gasteiger partial charge >= 0.3 is 0 Å². The molecule has 1 fully saturated rings. The number of benzene rings is 4. The third-order valence-electron chi connectivity index (χ3n) is 10.2. The number of nitrogens with one attached hydrogen (secondary N) is 1. The molecule has 2 aromatic heterocycles. The predicted molar refractivity (Wildman–Crippen MR) is 166 cm³/mol. The minimum atomic E-state index is -0.939. The topological polar surface area (TPSA) is 80.9 Å². The largest absolute Gasteiger partial charge is 0.375 e. The molecule has 0 radical (unpaired) electrons. The quantitative estimate of drug-likeness (QED) is 0.263. The van der Waals surface area contributed by atoms with Gasteiger partial charge in [0, 0.05) is 47.7 Å². The Hall–Kier alpha value is -4.21. The number of ether oxygens (including phenoxy) is 2. The van der Waals surface area contributed by atoms with E-state index in [0.29, 0.717) is 13.0 Å². The van der Waals surface area contributed by atoms with Crippen LogP contribution in [0, 0.1) is 0 Å². The van der Waals surface area contributed by atoms with Crippen LogP contribution in [0.3, 0.4) is 0 Å². The molecular formula is C35H32N4O4. The summed E-state index contributed by atoms with van der Waals surface area (Å²) in [7, 11) is 3.70. The Kier molecular flexibility index (Phi) is 5.10. The normalized spacial score (nSPS) is 25.2. The molecule has 8 heteroatoms. The number of methoxy groups -OCH3 is 1. The molecule has 2 bridgehead atoms. The summed E-state index contributed by atoms with van der Waals surface area (Å²) >= 11 is 0. The summed E-state index contributed by atoms with van der Waals surface area (Å²) < 4.78 is 18.3. The first kappa shape index (κ1) is 25.3. The highest BCUT2D eigenvalue weighted by molar-refractivity contribution is 6.31. The van der Waals surface area contributed by atoms with Crippen LogP contribution in [0.1, 0.15) is 47.3 Å². The van der Waals surface area contributed by atoms with Gasteiger partial charge in [-0.15, -0.1) is 0 Å². The Morgan fingerprint density at radius 1 is 0.977 bits per heavy atom. The molecule has 3 aliphatic rings. The van der Waals surface area contributed by atoms with Crippen molar-refractivity contribution in [3.05, 3.63) is 95.6 Å². The number of hydrogen-bond donors (Lipinski definition) is 2. The molecule has 1 saturated heterocycles. The summed E-state index contributed by atoms with van der Waals surface area (Å²) in [5.41, 5.74) is 5.81. The fourth-order valence-electron chi connectivity index (χ4n) is 8.45. The Labute approximate surface area is 248 Å². The number of aliphatic hydroxyl groups is 1. The molecule has 43 heavy (non-hydrogen) atoms. The van der Waals surface area contributed by atoms with Crippen molar-refractivity contribution in [1.29, 1.82) is 0 Å². The van der Waals surface area contributed by atoms with Crippen LogP contribution < -0.4 is 5.32 Å². The van der Waals surface area contributed by atoms with Gasteiger partial charge in [-0.2, -0.15) is 0 Å². The lowest BCUT2D eigenvalue weighted by Gasteiger charge is -2.51. The summed E-state index contributed by atoms with van der Waals surface area (Å²) in [5, 5.41) is 18.9. The van der Waals surface area contributed by atoms with Gasteiger partial charge in [0.1, 0.15) is 18.6 Å². The van der Waals surface area contributed by atoms with Crippen molar-refractivity contribution in [2.24, 2.45) is 0 Å². The SMILES string of the molecule is CO[C@@H]1[C@H](N(C)C(O)c2ccccc2)C[C@H]2O[C@]1(C)n1c3ccccc3c3c4c(c5c6ccccc6n2c5c31)C(=O)NC4. The predicted octanol–water partition coefficient (Wildman–Crippen LogP) is 5.76. The smallest absolute Gasteiger partial charge is 0.252 e. The molecule has 0 aliphatic carbocycles. The highest BCUT2D eigenvalue weighted by Gasteiger charge is 2.55. The van der Waals surface area contributed by atoms with Crippen molar-refractivity contribution in [1.82, 2.24) is 19.4 Å². The van der Waals surface area contributed by atoms with Crippen molar-refractivity contribution >= 4 is 49.5 Å². The van der Waals surface area contributed by atoms with Gasteiger partial charge in [0.05, 0.1) is 27.6 Å². The maximum Gasteiger partial charge on any atom is 0.252 e. The van der Waals surface area contributed by atoms with Gasteiger partial charge in [0.2, 0.25) is 0 Å². The number of rotatable bonds is 4. The maximum absolute atomic E-state index is 13.6. The van der Waals surface area contributed by atoms with Gasteiger partial charge in [-0.3, -0.25) is 9.69 Å². The Morgan fingerprint density at radius 2 is 1.65 bits per heavy atom. The first-order chi connectivity index (χ1) is 20.9. The van der Waals surface area contributed by atoms with E-state index in [1.165, 1.54) is 0 Å². The summed E-state index contributed by atoms with van der Waals surface area (Å²) in [6, 6.07) is 26.3. The van der Waals surface area contributed by atoms with Crippen molar-refractivity contribution < 1.29 is 19.4 Å². The summed E-state index contributed by atoms with van der Waals surface area (Å²) in [6.07, 6.45) is -1.05. The number of hydrogen-bond acceptors (Lipinski definition) is 5. The standard InChI is InChI=1S/C35H32N4O4/c1-35-32(42-3)25(37(2)34(41)19-11-5-4-6-12-19)17-26(43-35)38-23-15-9-7-13-20(23)28-29-22(18-36-33(29)40)27-21-14-8-10-16-24(21)39(35)31(27)30(28)38/h4-16,25-26,32,34,41H,17-18H2,1-3H3,(H,36,40)/t25-,26-,32-,34?,35+/m1/s1. The monoisotopic (exact) mass is 572 g/mol. The molecule has 5 heterocycles. The van der Waals surface area contributed by atoms with E-state index in [9.17, 15) is 9.90 Å². The third kappa shape index (κ3) is 3.06. The minimum Gasteiger partial charge on any atom is -0.375 e. The Morgan fingerprint density at radius 3 is 2.40 bits per heavy atom. The van der Waals surface area contributed by atoms with Crippen molar-refractivity contribution in [3.8, 4) is 0 Å². The van der Waals surface area contributed by atoms with E-state index in [2.05, 4.69) is 57.8 Å². The number of amides is 1. The van der Waals surface area contributed by atoms with Gasteiger partial charge in [0.25, 0.3) is 5.91 Å². The second-order valence-electron chi connectivity index (χ2n) is 12.3. The van der Waals surface area contributed by atoms with E-state index in [1.807, 2.05) is 54.4 Å². The first-order valence-electron chi connectivity index (χ1n) is 14.9. The van der Waals surface area contributed by atoms with Crippen LogP contribution in [0.2, 0.25) is 0 Å². The van der Waals surface area contributed by atoms with E-state index < -0.39 is 18.1 Å². The summed E-state index contributed by atoms with van der Waals surface area (Å²) in [4.78, 5) is 15.6. The lowest BCUT2D eigenvalue weighted by molar-refractivity contribution is -0.274. The van der Waals surface area contributed by atoms with Crippen molar-refractivity contribution in [3.63, 3.8) is 0 Å². The zero-order valence-corrected chi connectivity index (χ0v) is 24.2. The average molecular weight is 573 g/mol. The molecular weight excluding hydrogens is 540 g/mol. The third-order valence-corrected chi connectivity index (χ3v) is 10.2. The van der Waals surface area contributed by atoms with Gasteiger partial charge in [0.15, 0.2) is 5.72 Å². The highest BCUT2D eigenvalue weighted by atomic mass is 16.6. The number of aromatic nitrogens is 2. The molecule has 2 N–H and O–H groups in total. The zero-order chi connectivity index (χ0) is 29.2. The van der Waals surface area contributed by atoms with E-state index in [-0.39, 0.29) is 18.2 Å². The summed E-state index contributed by atoms with van der Waals surface area (Å²) in [6.45, 7) is 2.60. The molecule has 4 aromatic carbocycles. The maximum atomic E-state index is 13.6. The number of carbonyl (C=O) groups excluding carboxylic acids is 1. The van der Waals surface area contributed by atoms with Crippen LogP contribution in [0.5, 0.6) is 0 Å². The number of likely N-dealkylation sites (N-methyl/N-ethyl adjacent to an activating group) is 1. The molecule has 6 aromatic rings. The number of nitrogens with zero attached hydrogens (tertiary/aromatic N) is 3. The van der Waals surface area contributed by atoms with Crippen LogP contribution in [0.25, 0.3) is 43.6 Å². The Bertz CT molecular complexity index is 2130. The number of aliphatic hydroxyl groups excluding tert-OH is 1. The van der Waals surface area contributed by atoms with Crippen LogP contribution in [0.15, 0.2) is 78.9 Å². The van der Waals surface area contributed by atoms with Crippen LogP contribution in [-0.2, 0) is 21.7 Å². The molecule has 3 aliphatic heterocycles. The fourth-order valence-corrected chi connectivity index (χ4v) is 8.45. The first-order valence-corrected chi connectivity index (χ1v) is 14.9. The zero-order valence-electron chi connectivity index (χ0n) is 24.2. The molecule has 1 unspecified atom stereocenters. The number of fused-ring (bicyclic) bond motifs is 13. The lowest BCUT2D eigenvalue weighted by Crippen LogP contribution is -2.61. The van der Waals surface area contributed by atoms with Crippen molar-refractivity contribution in [2.75, 3.05) is 14.2 Å². The molecule has 0 spiro atoms. The molecule has 8 nitrogen and oxygen atoms in total. The Balaban J connectivity index is 1.42. The van der Waals surface area contributed by atoms with Gasteiger partial charge in [-0.1, -0.05) is 66.7 Å². The van der Waals surface area contributed by atoms with E-state index in [1.54, 1.807) is 7.11 Å². The van der Waals surface area contributed by atoms with Crippen molar-refractivity contribution in [2.45, 2.75) is 50.2 Å². The average Bonchev–Trinajstić information content (AvgIpc) is 3.68. The van der Waals surface area contributed by atoms with Crippen LogP contribution in [0.4, 0.5) is 0 Å². The lowest BCUT2D eigenvalue weighted by atomic mass is 9.91. The van der Waals surface area contributed by atoms with E-state index in [4.69, 9.17) is 9.47 Å². The number of para-hydroxylation sites is 2. The second kappa shape index (κ2) is 8.67.